The summed E-state index contributed by atoms with van der Waals surface area (Å²) in [6.45, 7) is 14.8. The van der Waals surface area contributed by atoms with Gasteiger partial charge in [-0.2, -0.15) is 5.26 Å². The second-order valence-corrected chi connectivity index (χ2v) is 14.3. The van der Waals surface area contributed by atoms with Gasteiger partial charge >= 0.3 is 0 Å². The van der Waals surface area contributed by atoms with Crippen LogP contribution in [0.5, 0.6) is 5.75 Å². The summed E-state index contributed by atoms with van der Waals surface area (Å²) in [6, 6.07) is 10.8. The fourth-order valence-electron chi connectivity index (χ4n) is 4.36. The Hall–Kier alpha value is -3.19. The Morgan fingerprint density at radius 1 is 0.950 bits per heavy atom. The van der Waals surface area contributed by atoms with Gasteiger partial charge < -0.3 is 20.2 Å². The molecule has 1 amide bonds. The quantitative estimate of drug-likeness (QED) is 0.389. The summed E-state index contributed by atoms with van der Waals surface area (Å²) in [5.41, 5.74) is 1.26. The predicted molar refractivity (Wildman–Crippen MR) is 157 cm³/mol. The Balaban J connectivity index is 2.58. The molecule has 40 heavy (non-hydrogen) atoms. The van der Waals surface area contributed by atoms with Crippen LogP contribution in [0.3, 0.4) is 0 Å². The Morgan fingerprint density at radius 3 is 1.77 bits per heavy atom. The summed E-state index contributed by atoms with van der Waals surface area (Å²) in [6.07, 6.45) is -0.512. The zero-order valence-corrected chi connectivity index (χ0v) is 25.5. The zero-order chi connectivity index (χ0) is 30.6. The average Bonchev–Trinajstić information content (AvgIpc) is 2.81. The number of phenolic OH excluding ortho intramolecular Hbond substituents is 1. The molecule has 8 nitrogen and oxygen atoms in total. The predicted octanol–water partition coefficient (Wildman–Crippen LogP) is 4.92. The van der Waals surface area contributed by atoms with Gasteiger partial charge in [-0.25, -0.2) is 8.42 Å². The molecule has 2 rings (SSSR count). The first kappa shape index (κ1) is 33.0. The molecule has 3 N–H and O–H groups in total. The third-order valence-corrected chi connectivity index (χ3v) is 8.19. The minimum atomic E-state index is -4.10. The lowest BCUT2D eigenvalue weighted by Gasteiger charge is -2.28. The molecule has 0 spiro atoms. The fourth-order valence-corrected chi connectivity index (χ4v) is 5.70. The number of nitrogens with zero attached hydrogens (tertiary/aromatic N) is 2. The van der Waals surface area contributed by atoms with E-state index in [0.29, 0.717) is 16.7 Å². The van der Waals surface area contributed by atoms with E-state index in [1.807, 2.05) is 47.6 Å². The summed E-state index contributed by atoms with van der Waals surface area (Å²) in [4.78, 5) is 14.1. The van der Waals surface area contributed by atoms with Crippen LogP contribution in [0, 0.1) is 11.3 Å². The molecule has 9 heteroatoms. The molecule has 0 bridgehead atoms. The fraction of sp³-hybridized carbons (Fsp3) is 0.484. The number of nitriles is 1. The number of rotatable bonds is 9. The van der Waals surface area contributed by atoms with Crippen molar-refractivity contribution in [1.29, 1.82) is 5.26 Å². The highest BCUT2D eigenvalue weighted by Gasteiger charge is 2.28. The second-order valence-electron chi connectivity index (χ2n) is 12.3. The third kappa shape index (κ3) is 8.17. The maximum Gasteiger partial charge on any atom is 0.254 e. The van der Waals surface area contributed by atoms with Crippen LogP contribution in [0.25, 0.3) is 6.08 Å². The SMILES string of the molecule is CC(O)CN(CC(C)O)C(=O)c1ccc(S(=O)(=O)C(=Cc2cc(C(C)(C)C)c(O)c(C(C)(C)C)c2)CC#N)cc1. The molecular weight excluding hydrogens is 528 g/mol. The van der Waals surface area contributed by atoms with Crippen LogP contribution in [0.1, 0.15) is 88.9 Å². The largest absolute Gasteiger partial charge is 0.507 e. The van der Waals surface area contributed by atoms with Crippen molar-refractivity contribution >= 4 is 21.8 Å². The van der Waals surface area contributed by atoms with Crippen LogP contribution >= 0.6 is 0 Å². The lowest BCUT2D eigenvalue weighted by atomic mass is 9.78. The van der Waals surface area contributed by atoms with Crippen molar-refractivity contribution in [3.05, 3.63) is 63.6 Å². The zero-order valence-electron chi connectivity index (χ0n) is 24.7. The average molecular weight is 571 g/mol. The molecule has 0 aliphatic carbocycles. The third-order valence-electron chi connectivity index (χ3n) is 6.34. The Morgan fingerprint density at radius 2 is 1.40 bits per heavy atom. The van der Waals surface area contributed by atoms with E-state index in [2.05, 4.69) is 0 Å². The first-order valence-electron chi connectivity index (χ1n) is 13.2. The molecule has 0 saturated heterocycles. The van der Waals surface area contributed by atoms with E-state index in [4.69, 9.17) is 0 Å². The van der Waals surface area contributed by atoms with Gasteiger partial charge in [-0.05, 0) is 72.7 Å². The number of amides is 1. The number of carbonyl (C=O) groups is 1. The van der Waals surface area contributed by atoms with Crippen molar-refractivity contribution < 1.29 is 28.5 Å². The van der Waals surface area contributed by atoms with Crippen LogP contribution in [0.2, 0.25) is 0 Å². The van der Waals surface area contributed by atoms with Crippen LogP contribution in [0.4, 0.5) is 0 Å². The molecule has 0 radical (unpaired) electrons. The molecule has 0 aliphatic rings. The highest BCUT2D eigenvalue weighted by atomic mass is 32.2. The number of aliphatic hydroxyl groups excluding tert-OH is 2. The highest BCUT2D eigenvalue weighted by molar-refractivity contribution is 7.95. The molecule has 0 aliphatic heterocycles. The molecular formula is C31H42N2O6S. The molecule has 2 unspecified atom stereocenters. The monoisotopic (exact) mass is 570 g/mol. The van der Waals surface area contributed by atoms with Crippen LogP contribution < -0.4 is 0 Å². The van der Waals surface area contributed by atoms with E-state index >= 15 is 0 Å². The lowest BCUT2D eigenvalue weighted by molar-refractivity contribution is 0.0518. The topological polar surface area (TPSA) is 139 Å². The normalized spacial score (nSPS) is 14.4. The molecule has 218 valence electrons. The van der Waals surface area contributed by atoms with Crippen molar-refractivity contribution in [3.8, 4) is 11.8 Å². The van der Waals surface area contributed by atoms with E-state index in [1.165, 1.54) is 49.1 Å². The van der Waals surface area contributed by atoms with Gasteiger partial charge in [-0.3, -0.25) is 4.79 Å². The number of sulfone groups is 1. The number of allylic oxidation sites excluding steroid dienone is 1. The molecule has 0 heterocycles. The van der Waals surface area contributed by atoms with E-state index in [0.717, 1.165) is 0 Å². The minimum Gasteiger partial charge on any atom is -0.507 e. The van der Waals surface area contributed by atoms with Crippen molar-refractivity contribution in [2.75, 3.05) is 13.1 Å². The second kappa shape index (κ2) is 12.5. The van der Waals surface area contributed by atoms with Gasteiger partial charge in [-0.15, -0.1) is 0 Å². The molecule has 2 aromatic carbocycles. The summed E-state index contributed by atoms with van der Waals surface area (Å²) in [5.74, 6) is -0.283. The van der Waals surface area contributed by atoms with Gasteiger partial charge in [-0.1, -0.05) is 41.5 Å². The number of hydrogen-bond donors (Lipinski definition) is 3. The van der Waals surface area contributed by atoms with Gasteiger partial charge in [0.05, 0.1) is 34.5 Å². The van der Waals surface area contributed by atoms with Crippen molar-refractivity contribution in [2.45, 2.75) is 89.7 Å². The minimum absolute atomic E-state index is 0.0125. The molecule has 0 fully saturated rings. The van der Waals surface area contributed by atoms with Crippen molar-refractivity contribution in [3.63, 3.8) is 0 Å². The maximum atomic E-state index is 13.6. The lowest BCUT2D eigenvalue weighted by Crippen LogP contribution is -2.40. The van der Waals surface area contributed by atoms with E-state index in [9.17, 15) is 33.8 Å². The number of phenols is 1. The van der Waals surface area contributed by atoms with Gasteiger partial charge in [0.25, 0.3) is 5.91 Å². The van der Waals surface area contributed by atoms with Crippen molar-refractivity contribution in [2.24, 2.45) is 0 Å². The summed E-state index contributed by atoms with van der Waals surface area (Å²) < 4.78 is 27.3. The van der Waals surface area contributed by atoms with Gasteiger partial charge in [0.1, 0.15) is 5.75 Å². The van der Waals surface area contributed by atoms with Crippen LogP contribution in [0.15, 0.2) is 46.2 Å². The first-order chi connectivity index (χ1) is 18.3. The number of hydrogen-bond acceptors (Lipinski definition) is 7. The number of carbonyl (C=O) groups excluding carboxylic acids is 1. The summed E-state index contributed by atoms with van der Waals surface area (Å²) in [5, 5.41) is 40.0. The first-order valence-corrected chi connectivity index (χ1v) is 14.7. The van der Waals surface area contributed by atoms with Gasteiger partial charge in [0.15, 0.2) is 0 Å². The maximum absolute atomic E-state index is 13.6. The van der Waals surface area contributed by atoms with E-state index in [-0.39, 0.29) is 40.6 Å². The standard InChI is InChI=1S/C31H42N2O6S/c1-20(34)18-33(19-21(2)35)29(37)23-9-11-24(12-10-23)40(38,39)25(13-14-32)15-22-16-26(30(3,4)5)28(36)27(17-22)31(6,7)8/h9-12,15-17,20-21,34-36H,13,18-19H2,1-8H3. The Labute approximate surface area is 238 Å². The Bertz CT molecular complexity index is 1340. The van der Waals surface area contributed by atoms with Crippen LogP contribution in [-0.2, 0) is 20.7 Å². The van der Waals surface area contributed by atoms with Crippen molar-refractivity contribution in [1.82, 2.24) is 4.90 Å². The molecule has 2 aromatic rings. The number of benzene rings is 2. The van der Waals surface area contributed by atoms with Gasteiger partial charge in [0, 0.05) is 29.8 Å². The Kier molecular flexibility index (Phi) is 10.4. The molecule has 0 aromatic heterocycles. The van der Waals surface area contributed by atoms with E-state index < -0.39 is 38.8 Å². The smallest absolute Gasteiger partial charge is 0.254 e. The summed E-state index contributed by atoms with van der Waals surface area (Å²) in [7, 11) is -4.10. The van der Waals surface area contributed by atoms with Gasteiger partial charge in [0.2, 0.25) is 9.84 Å². The molecule has 2 atom stereocenters. The number of aliphatic hydroxyl groups is 2. The molecule has 0 saturated carbocycles. The highest BCUT2D eigenvalue weighted by Crippen LogP contribution is 2.40. The number of aromatic hydroxyl groups is 1. The summed E-state index contributed by atoms with van der Waals surface area (Å²) >= 11 is 0. The van der Waals surface area contributed by atoms with Crippen LogP contribution in [-0.4, -0.2) is 59.8 Å². The van der Waals surface area contributed by atoms with E-state index in [1.54, 1.807) is 12.1 Å².